The number of rotatable bonds is 4. The Kier molecular flexibility index (Phi) is 4.70. The summed E-state index contributed by atoms with van der Waals surface area (Å²) < 4.78 is 0. The van der Waals surface area contributed by atoms with E-state index in [0.29, 0.717) is 11.5 Å². The number of aromatic nitrogens is 2. The maximum atomic E-state index is 11.2. The summed E-state index contributed by atoms with van der Waals surface area (Å²) in [6.07, 6.45) is 1.48. The van der Waals surface area contributed by atoms with Crippen molar-refractivity contribution in [2.75, 3.05) is 5.32 Å². The van der Waals surface area contributed by atoms with Gasteiger partial charge < -0.3 is 5.32 Å². The van der Waals surface area contributed by atoms with Gasteiger partial charge in [0.05, 0.1) is 10.3 Å². The molecule has 0 aliphatic heterocycles. The average Bonchev–Trinajstić information content (AvgIpc) is 3.08. The van der Waals surface area contributed by atoms with Crippen molar-refractivity contribution in [2.45, 2.75) is 13.8 Å². The van der Waals surface area contributed by atoms with Crippen molar-refractivity contribution >= 4 is 50.3 Å². The minimum absolute atomic E-state index is 0.0925. The third-order valence-electron chi connectivity index (χ3n) is 4.45. The number of hydrogen-bond donors (Lipinski definition) is 1. The first kappa shape index (κ1) is 18.3. The highest BCUT2D eigenvalue weighted by molar-refractivity contribution is 7.17. The van der Waals surface area contributed by atoms with E-state index in [9.17, 15) is 10.1 Å². The molecule has 28 heavy (non-hydrogen) atoms. The first-order valence-electron chi connectivity index (χ1n) is 8.45. The van der Waals surface area contributed by atoms with E-state index >= 15 is 0 Å². The summed E-state index contributed by atoms with van der Waals surface area (Å²) in [7, 11) is 0. The Hall–Kier alpha value is -3.03. The Morgan fingerprint density at radius 3 is 2.68 bits per heavy atom. The van der Waals surface area contributed by atoms with E-state index in [4.69, 9.17) is 11.6 Å². The summed E-state index contributed by atoms with van der Waals surface area (Å²) in [5, 5.41) is 17.4. The number of aryl methyl sites for hydroxylation is 2. The minimum atomic E-state index is -0.505. The van der Waals surface area contributed by atoms with Crippen LogP contribution in [0, 0.1) is 24.0 Å². The van der Waals surface area contributed by atoms with Gasteiger partial charge in [-0.3, -0.25) is 10.1 Å². The van der Waals surface area contributed by atoms with Gasteiger partial charge in [0.15, 0.2) is 0 Å². The zero-order valence-corrected chi connectivity index (χ0v) is 16.6. The first-order chi connectivity index (χ1) is 13.4. The Balaban J connectivity index is 1.84. The van der Waals surface area contributed by atoms with Crippen molar-refractivity contribution < 1.29 is 4.92 Å². The van der Waals surface area contributed by atoms with Crippen LogP contribution in [0.1, 0.15) is 11.1 Å². The molecule has 0 bridgehead atoms. The maximum absolute atomic E-state index is 11.2. The molecule has 2 aromatic carbocycles. The highest BCUT2D eigenvalue weighted by Crippen LogP contribution is 2.39. The van der Waals surface area contributed by atoms with E-state index in [2.05, 4.69) is 52.7 Å². The van der Waals surface area contributed by atoms with Crippen LogP contribution in [0.2, 0.25) is 5.02 Å². The molecule has 0 saturated heterocycles. The first-order valence-corrected chi connectivity index (χ1v) is 9.70. The van der Waals surface area contributed by atoms with Crippen LogP contribution in [0.4, 0.5) is 17.2 Å². The number of nitro benzene ring substituents is 1. The SMILES string of the molecule is Cc1ccc(-c2csc3ncnc(Nc4ccc(Cl)c([N+](=O)[O-])c4)c23)c(C)c1. The highest BCUT2D eigenvalue weighted by atomic mass is 35.5. The van der Waals surface area contributed by atoms with Crippen LogP contribution in [0.15, 0.2) is 48.1 Å². The topological polar surface area (TPSA) is 81.0 Å². The zero-order chi connectivity index (χ0) is 19.8. The largest absolute Gasteiger partial charge is 0.339 e. The standard InChI is InChI=1S/C20H15ClN4O2S/c1-11-3-5-14(12(2)7-11)15-9-28-20-18(15)19(22-10-23-20)24-13-4-6-16(21)17(8-13)25(26)27/h3-10H,1-2H3,(H,22,23,24). The van der Waals surface area contributed by atoms with Crippen LogP contribution in [0.5, 0.6) is 0 Å². The van der Waals surface area contributed by atoms with Gasteiger partial charge in [0.1, 0.15) is 22.0 Å². The van der Waals surface area contributed by atoms with Crippen LogP contribution >= 0.6 is 22.9 Å². The van der Waals surface area contributed by atoms with Crippen molar-refractivity contribution in [3.8, 4) is 11.1 Å². The summed E-state index contributed by atoms with van der Waals surface area (Å²) in [6.45, 7) is 4.14. The predicted octanol–water partition coefficient (Wildman–Crippen LogP) is 6.28. The number of nitrogens with one attached hydrogen (secondary N) is 1. The van der Waals surface area contributed by atoms with Gasteiger partial charge in [-0.05, 0) is 37.1 Å². The van der Waals surface area contributed by atoms with Crippen molar-refractivity contribution in [3.63, 3.8) is 0 Å². The molecule has 6 nitrogen and oxygen atoms in total. The molecule has 1 N–H and O–H groups in total. The minimum Gasteiger partial charge on any atom is -0.339 e. The molecule has 0 radical (unpaired) electrons. The Bertz CT molecular complexity index is 1220. The molecule has 0 unspecified atom stereocenters. The van der Waals surface area contributed by atoms with Gasteiger partial charge in [-0.15, -0.1) is 11.3 Å². The molecule has 0 saturated carbocycles. The predicted molar refractivity (Wildman–Crippen MR) is 114 cm³/mol. The summed E-state index contributed by atoms with van der Waals surface area (Å²) >= 11 is 7.45. The second kappa shape index (κ2) is 7.18. The summed E-state index contributed by atoms with van der Waals surface area (Å²) in [6, 6.07) is 10.9. The van der Waals surface area contributed by atoms with Gasteiger partial charge in [-0.25, -0.2) is 9.97 Å². The molecule has 8 heteroatoms. The zero-order valence-electron chi connectivity index (χ0n) is 15.1. The molecular weight excluding hydrogens is 396 g/mol. The molecule has 0 spiro atoms. The lowest BCUT2D eigenvalue weighted by molar-refractivity contribution is -0.384. The van der Waals surface area contributed by atoms with Crippen molar-refractivity contribution in [2.24, 2.45) is 0 Å². The number of benzene rings is 2. The molecule has 0 fully saturated rings. The number of hydrogen-bond acceptors (Lipinski definition) is 6. The van der Waals surface area contributed by atoms with Crippen LogP contribution < -0.4 is 5.32 Å². The van der Waals surface area contributed by atoms with Crippen molar-refractivity contribution in [1.29, 1.82) is 0 Å². The molecule has 0 atom stereocenters. The van der Waals surface area contributed by atoms with E-state index in [-0.39, 0.29) is 10.7 Å². The normalized spacial score (nSPS) is 11.0. The van der Waals surface area contributed by atoms with E-state index < -0.39 is 4.92 Å². The quantitative estimate of drug-likeness (QED) is 0.316. The van der Waals surface area contributed by atoms with Crippen molar-refractivity contribution in [1.82, 2.24) is 9.97 Å². The van der Waals surface area contributed by atoms with Crippen LogP contribution in [-0.4, -0.2) is 14.9 Å². The van der Waals surface area contributed by atoms with Gasteiger partial charge in [-0.1, -0.05) is 35.4 Å². The number of nitro groups is 1. The fourth-order valence-electron chi connectivity index (χ4n) is 3.15. The lowest BCUT2D eigenvalue weighted by Gasteiger charge is -2.10. The lowest BCUT2D eigenvalue weighted by atomic mass is 9.99. The van der Waals surface area contributed by atoms with Gasteiger partial charge in [0.2, 0.25) is 0 Å². The Morgan fingerprint density at radius 1 is 1.11 bits per heavy atom. The summed E-state index contributed by atoms with van der Waals surface area (Å²) in [5.74, 6) is 0.595. The molecule has 0 aliphatic carbocycles. The number of anilines is 2. The smallest absolute Gasteiger partial charge is 0.289 e. The van der Waals surface area contributed by atoms with Crippen molar-refractivity contribution in [3.05, 3.63) is 74.4 Å². The molecule has 4 aromatic rings. The van der Waals surface area contributed by atoms with E-state index in [1.165, 1.54) is 35.4 Å². The Labute approximate surface area is 170 Å². The van der Waals surface area contributed by atoms with Gasteiger partial charge in [0, 0.05) is 22.7 Å². The van der Waals surface area contributed by atoms with Gasteiger partial charge in [-0.2, -0.15) is 0 Å². The fourth-order valence-corrected chi connectivity index (χ4v) is 4.24. The van der Waals surface area contributed by atoms with E-state index in [1.54, 1.807) is 6.07 Å². The van der Waals surface area contributed by atoms with Crippen LogP contribution in [0.25, 0.3) is 21.3 Å². The number of nitrogens with zero attached hydrogens (tertiary/aromatic N) is 3. The monoisotopic (exact) mass is 410 g/mol. The lowest BCUT2D eigenvalue weighted by Crippen LogP contribution is -1.97. The van der Waals surface area contributed by atoms with Gasteiger partial charge in [0.25, 0.3) is 5.69 Å². The van der Waals surface area contributed by atoms with Gasteiger partial charge >= 0.3 is 0 Å². The molecule has 2 aromatic heterocycles. The molecule has 4 rings (SSSR count). The van der Waals surface area contributed by atoms with E-state index in [1.807, 2.05) is 0 Å². The molecule has 140 valence electrons. The average molecular weight is 411 g/mol. The fraction of sp³-hybridized carbons (Fsp3) is 0.100. The van der Waals surface area contributed by atoms with Crippen LogP contribution in [0.3, 0.4) is 0 Å². The third kappa shape index (κ3) is 3.30. The van der Waals surface area contributed by atoms with E-state index in [0.717, 1.165) is 26.9 Å². The second-order valence-electron chi connectivity index (χ2n) is 6.42. The number of thiophene rings is 1. The number of fused-ring (bicyclic) bond motifs is 1. The molecular formula is C20H15ClN4O2S. The second-order valence-corrected chi connectivity index (χ2v) is 7.68. The van der Waals surface area contributed by atoms with Crippen LogP contribution in [-0.2, 0) is 0 Å². The summed E-state index contributed by atoms with van der Waals surface area (Å²) in [4.78, 5) is 20.3. The highest BCUT2D eigenvalue weighted by Gasteiger charge is 2.17. The molecule has 0 aliphatic rings. The maximum Gasteiger partial charge on any atom is 0.289 e. The summed E-state index contributed by atoms with van der Waals surface area (Å²) in [5.41, 5.74) is 4.88. The third-order valence-corrected chi connectivity index (χ3v) is 5.65. The molecule has 2 heterocycles. The molecule has 0 amide bonds. The Morgan fingerprint density at radius 2 is 1.93 bits per heavy atom. The number of halogens is 1.